The number of aromatic nitrogens is 3. The van der Waals surface area contributed by atoms with Crippen LogP contribution < -0.4 is 5.32 Å². The molecule has 0 fully saturated rings. The van der Waals surface area contributed by atoms with E-state index in [0.29, 0.717) is 25.3 Å². The molecule has 2 aromatic rings. The van der Waals surface area contributed by atoms with Crippen LogP contribution in [0.3, 0.4) is 0 Å². The molecule has 1 N–H and O–H groups in total. The third-order valence-corrected chi connectivity index (χ3v) is 3.58. The third kappa shape index (κ3) is 4.17. The molecule has 1 amide bonds. The van der Waals surface area contributed by atoms with Crippen molar-refractivity contribution in [3.8, 4) is 0 Å². The molecule has 0 atom stereocenters. The van der Waals surface area contributed by atoms with Gasteiger partial charge in [-0.25, -0.2) is 9.97 Å². The first-order valence-corrected chi connectivity index (χ1v) is 8.20. The van der Waals surface area contributed by atoms with Gasteiger partial charge in [-0.15, -0.1) is 11.6 Å². The quantitative estimate of drug-likeness (QED) is 0.792. The molecule has 2 heterocycles. The zero-order chi connectivity index (χ0) is 15.4. The maximum Gasteiger partial charge on any atom is 0.221 e. The third-order valence-electron chi connectivity index (χ3n) is 2.96. The van der Waals surface area contributed by atoms with E-state index < -0.39 is 0 Å². The molecule has 7 heteroatoms. The van der Waals surface area contributed by atoms with Crippen LogP contribution in [-0.2, 0) is 17.8 Å². The summed E-state index contributed by atoms with van der Waals surface area (Å²) >= 11 is 9.23. The van der Waals surface area contributed by atoms with E-state index in [4.69, 9.17) is 11.6 Å². The van der Waals surface area contributed by atoms with Gasteiger partial charge >= 0.3 is 0 Å². The Morgan fingerprint density at radius 1 is 1.52 bits per heavy atom. The van der Waals surface area contributed by atoms with E-state index in [1.807, 2.05) is 24.5 Å². The van der Waals surface area contributed by atoms with E-state index in [9.17, 15) is 4.79 Å². The second-order valence-corrected chi connectivity index (χ2v) is 6.38. The minimum Gasteiger partial charge on any atom is -0.354 e. The molecule has 2 aromatic heterocycles. The summed E-state index contributed by atoms with van der Waals surface area (Å²) < 4.78 is 2.86. The van der Waals surface area contributed by atoms with Crippen molar-refractivity contribution in [2.75, 3.05) is 5.88 Å². The van der Waals surface area contributed by atoms with Crippen LogP contribution in [0.2, 0.25) is 0 Å². The highest BCUT2D eigenvalue weighted by Crippen LogP contribution is 2.19. The van der Waals surface area contributed by atoms with Crippen LogP contribution in [0.25, 0.3) is 11.2 Å². The van der Waals surface area contributed by atoms with Gasteiger partial charge in [-0.1, -0.05) is 0 Å². The number of hydrogen-bond donors (Lipinski definition) is 1. The number of hydrogen-bond acceptors (Lipinski definition) is 3. The first-order chi connectivity index (χ1) is 10.0. The van der Waals surface area contributed by atoms with Gasteiger partial charge in [0.25, 0.3) is 0 Å². The van der Waals surface area contributed by atoms with Crippen molar-refractivity contribution in [2.45, 2.75) is 39.3 Å². The van der Waals surface area contributed by atoms with E-state index in [-0.39, 0.29) is 11.9 Å². The van der Waals surface area contributed by atoms with Crippen LogP contribution in [0.1, 0.15) is 26.1 Å². The largest absolute Gasteiger partial charge is 0.354 e. The van der Waals surface area contributed by atoms with Gasteiger partial charge in [-0.2, -0.15) is 0 Å². The molecule has 0 radical (unpaired) electrons. The molecule has 21 heavy (non-hydrogen) atoms. The van der Waals surface area contributed by atoms with E-state index in [1.165, 1.54) is 0 Å². The maximum atomic E-state index is 11.8. The van der Waals surface area contributed by atoms with Crippen molar-refractivity contribution in [1.82, 2.24) is 19.9 Å². The molecule has 0 aromatic carbocycles. The van der Waals surface area contributed by atoms with Gasteiger partial charge in [0.15, 0.2) is 5.65 Å². The van der Waals surface area contributed by atoms with Crippen molar-refractivity contribution in [2.24, 2.45) is 0 Å². The second kappa shape index (κ2) is 7.22. The minimum atomic E-state index is 0.0285. The molecule has 0 saturated heterocycles. The Morgan fingerprint density at radius 2 is 2.29 bits per heavy atom. The number of carbonyl (C=O) groups is 1. The van der Waals surface area contributed by atoms with Gasteiger partial charge in [0, 0.05) is 42.0 Å². The number of imidazole rings is 1. The van der Waals surface area contributed by atoms with Crippen molar-refractivity contribution in [3.05, 3.63) is 22.6 Å². The Labute approximate surface area is 137 Å². The van der Waals surface area contributed by atoms with E-state index in [2.05, 4.69) is 31.2 Å². The lowest BCUT2D eigenvalue weighted by Gasteiger charge is -2.10. The SMILES string of the molecule is CC(C)NC(=O)CCn1c(CCCl)nc2cc(Br)cnc21. The molecule has 0 aliphatic heterocycles. The molecule has 0 unspecified atom stereocenters. The zero-order valence-electron chi connectivity index (χ0n) is 12.1. The average molecular weight is 374 g/mol. The molecule has 0 aliphatic carbocycles. The smallest absolute Gasteiger partial charge is 0.221 e. The lowest BCUT2D eigenvalue weighted by molar-refractivity contribution is -0.121. The summed E-state index contributed by atoms with van der Waals surface area (Å²) in [7, 11) is 0. The summed E-state index contributed by atoms with van der Waals surface area (Å²) in [6.45, 7) is 4.45. The fourth-order valence-corrected chi connectivity index (χ4v) is 2.64. The van der Waals surface area contributed by atoms with Crippen molar-refractivity contribution < 1.29 is 4.79 Å². The summed E-state index contributed by atoms with van der Waals surface area (Å²) in [4.78, 5) is 20.8. The fraction of sp³-hybridized carbons (Fsp3) is 0.500. The molecular weight excluding hydrogens is 356 g/mol. The Hall–Kier alpha value is -1.14. The van der Waals surface area contributed by atoms with E-state index >= 15 is 0 Å². The number of rotatable bonds is 6. The van der Waals surface area contributed by atoms with Crippen LogP contribution in [0.15, 0.2) is 16.7 Å². The van der Waals surface area contributed by atoms with Crippen LogP contribution in [0.4, 0.5) is 0 Å². The Morgan fingerprint density at radius 3 is 2.95 bits per heavy atom. The summed E-state index contributed by atoms with van der Waals surface area (Å²) in [5, 5.41) is 2.89. The predicted molar refractivity (Wildman–Crippen MR) is 87.5 cm³/mol. The van der Waals surface area contributed by atoms with Crippen LogP contribution in [-0.4, -0.2) is 32.4 Å². The number of nitrogens with zero attached hydrogens (tertiary/aromatic N) is 3. The van der Waals surface area contributed by atoms with E-state index in [1.54, 1.807) is 6.20 Å². The molecular formula is C14H18BrClN4O. The molecule has 0 bridgehead atoms. The first-order valence-electron chi connectivity index (χ1n) is 6.87. The predicted octanol–water partition coefficient (Wildman–Crippen LogP) is 2.89. The molecule has 2 rings (SSSR count). The molecule has 5 nitrogen and oxygen atoms in total. The van der Waals surface area contributed by atoms with Gasteiger partial charge in [0.05, 0.1) is 0 Å². The minimum absolute atomic E-state index is 0.0285. The van der Waals surface area contributed by atoms with Gasteiger partial charge in [-0.3, -0.25) is 4.79 Å². The first kappa shape index (κ1) is 16.2. The van der Waals surface area contributed by atoms with E-state index in [0.717, 1.165) is 21.5 Å². The summed E-state index contributed by atoms with van der Waals surface area (Å²) in [6.07, 6.45) is 2.79. The van der Waals surface area contributed by atoms with Crippen molar-refractivity contribution in [3.63, 3.8) is 0 Å². The number of pyridine rings is 1. The highest BCUT2D eigenvalue weighted by Gasteiger charge is 2.13. The topological polar surface area (TPSA) is 59.8 Å². The fourth-order valence-electron chi connectivity index (χ4n) is 2.15. The second-order valence-electron chi connectivity index (χ2n) is 5.09. The number of amides is 1. The Balaban J connectivity index is 2.23. The molecule has 0 aliphatic rings. The summed E-state index contributed by atoms with van der Waals surface area (Å²) in [5.41, 5.74) is 1.60. The standard InChI is InChI=1S/C14H18BrClN4O/c1-9(2)18-13(21)4-6-20-12(3-5-16)19-11-7-10(15)8-17-14(11)20/h7-9H,3-6H2,1-2H3,(H,18,21). The number of aryl methyl sites for hydroxylation is 2. The Bertz CT molecular complexity index is 641. The van der Waals surface area contributed by atoms with Crippen molar-refractivity contribution in [1.29, 1.82) is 0 Å². The lowest BCUT2D eigenvalue weighted by Crippen LogP contribution is -2.30. The van der Waals surface area contributed by atoms with Crippen LogP contribution in [0.5, 0.6) is 0 Å². The van der Waals surface area contributed by atoms with Gasteiger partial charge in [0.2, 0.25) is 5.91 Å². The summed E-state index contributed by atoms with van der Waals surface area (Å²) in [6, 6.07) is 2.07. The molecule has 0 spiro atoms. The number of halogens is 2. The normalized spacial score (nSPS) is 11.3. The number of carbonyl (C=O) groups excluding carboxylic acids is 1. The lowest BCUT2D eigenvalue weighted by atomic mass is 10.3. The van der Waals surface area contributed by atoms with Crippen LogP contribution >= 0.6 is 27.5 Å². The Kier molecular flexibility index (Phi) is 5.58. The highest BCUT2D eigenvalue weighted by molar-refractivity contribution is 9.10. The number of alkyl halides is 1. The average Bonchev–Trinajstić information content (AvgIpc) is 2.72. The molecule has 114 valence electrons. The molecule has 0 saturated carbocycles. The van der Waals surface area contributed by atoms with Crippen LogP contribution in [0, 0.1) is 0 Å². The van der Waals surface area contributed by atoms with Gasteiger partial charge < -0.3 is 9.88 Å². The number of nitrogens with one attached hydrogen (secondary N) is 1. The van der Waals surface area contributed by atoms with Crippen molar-refractivity contribution >= 4 is 44.6 Å². The van der Waals surface area contributed by atoms with Gasteiger partial charge in [-0.05, 0) is 35.8 Å². The number of fused-ring (bicyclic) bond motifs is 1. The highest BCUT2D eigenvalue weighted by atomic mass is 79.9. The zero-order valence-corrected chi connectivity index (χ0v) is 14.4. The maximum absolute atomic E-state index is 11.8. The monoisotopic (exact) mass is 372 g/mol. The van der Waals surface area contributed by atoms with Gasteiger partial charge in [0.1, 0.15) is 11.3 Å². The summed E-state index contributed by atoms with van der Waals surface area (Å²) in [5.74, 6) is 1.38.